The lowest BCUT2D eigenvalue weighted by molar-refractivity contribution is -0.130. The van der Waals surface area contributed by atoms with Crippen molar-refractivity contribution < 1.29 is 9.59 Å². The molecule has 2 amide bonds. The third-order valence-corrected chi connectivity index (χ3v) is 4.49. The second-order valence-electron chi connectivity index (χ2n) is 6.40. The van der Waals surface area contributed by atoms with Crippen LogP contribution in [0.15, 0.2) is 4.99 Å². The zero-order valence-corrected chi connectivity index (χ0v) is 17.6. The SMILES string of the molecule is CCNC(=NCC(=O)N1CCCCC1)NCCCN1CCCC1=O.I. The molecule has 2 aliphatic rings. The molecule has 0 unspecified atom stereocenters. The number of hydrogen-bond donors (Lipinski definition) is 2. The molecule has 0 aromatic heterocycles. The number of carbonyl (C=O) groups excluding carboxylic acids is 2. The lowest BCUT2D eigenvalue weighted by Crippen LogP contribution is -2.41. The van der Waals surface area contributed by atoms with Gasteiger partial charge in [0.1, 0.15) is 6.54 Å². The smallest absolute Gasteiger partial charge is 0.244 e. The standard InChI is InChI=1S/C17H31N5O2.HI/c1-2-18-17(19-9-7-13-21-12-6-8-15(21)23)20-14-16(24)22-10-4-3-5-11-22;/h2-14H2,1H3,(H2,18,19,20);1H. The van der Waals surface area contributed by atoms with Crippen LogP contribution in [0, 0.1) is 0 Å². The summed E-state index contributed by atoms with van der Waals surface area (Å²) in [6.45, 7) is 7.11. The number of halogens is 1. The first-order valence-electron chi connectivity index (χ1n) is 9.28. The summed E-state index contributed by atoms with van der Waals surface area (Å²) in [5.41, 5.74) is 0. The van der Waals surface area contributed by atoms with E-state index in [1.54, 1.807) is 0 Å². The summed E-state index contributed by atoms with van der Waals surface area (Å²) in [4.78, 5) is 32.0. The van der Waals surface area contributed by atoms with Crippen molar-refractivity contribution in [1.82, 2.24) is 20.4 Å². The van der Waals surface area contributed by atoms with E-state index in [2.05, 4.69) is 15.6 Å². The monoisotopic (exact) mass is 465 g/mol. The van der Waals surface area contributed by atoms with Gasteiger partial charge < -0.3 is 20.4 Å². The van der Waals surface area contributed by atoms with E-state index in [1.165, 1.54) is 6.42 Å². The molecule has 2 rings (SSSR count). The Kier molecular flexibility index (Phi) is 10.8. The number of carbonyl (C=O) groups is 2. The Labute approximate surface area is 168 Å². The number of aliphatic imine (C=N–C) groups is 1. The summed E-state index contributed by atoms with van der Waals surface area (Å²) in [6, 6.07) is 0. The van der Waals surface area contributed by atoms with Gasteiger partial charge in [0.25, 0.3) is 0 Å². The molecule has 0 aromatic carbocycles. The van der Waals surface area contributed by atoms with Crippen LogP contribution in [0.1, 0.15) is 45.4 Å². The van der Waals surface area contributed by atoms with E-state index in [0.29, 0.717) is 12.4 Å². The molecule has 0 aliphatic carbocycles. The van der Waals surface area contributed by atoms with Crippen LogP contribution in [0.4, 0.5) is 0 Å². The summed E-state index contributed by atoms with van der Waals surface area (Å²) in [6.07, 6.45) is 5.98. The quantitative estimate of drug-likeness (QED) is 0.256. The fourth-order valence-corrected chi connectivity index (χ4v) is 3.15. The Morgan fingerprint density at radius 1 is 1.12 bits per heavy atom. The highest BCUT2D eigenvalue weighted by Crippen LogP contribution is 2.09. The van der Waals surface area contributed by atoms with Crippen molar-refractivity contribution in [2.75, 3.05) is 45.8 Å². The van der Waals surface area contributed by atoms with Crippen LogP contribution >= 0.6 is 24.0 Å². The maximum absolute atomic E-state index is 12.2. The van der Waals surface area contributed by atoms with Gasteiger partial charge in [-0.2, -0.15) is 0 Å². The van der Waals surface area contributed by atoms with Gasteiger partial charge in [-0.15, -0.1) is 24.0 Å². The van der Waals surface area contributed by atoms with Crippen molar-refractivity contribution in [3.05, 3.63) is 0 Å². The predicted octanol–water partition coefficient (Wildman–Crippen LogP) is 1.18. The maximum atomic E-state index is 12.2. The van der Waals surface area contributed by atoms with Crippen LogP contribution in [0.25, 0.3) is 0 Å². The highest BCUT2D eigenvalue weighted by molar-refractivity contribution is 14.0. The van der Waals surface area contributed by atoms with Crippen LogP contribution in [0.2, 0.25) is 0 Å². The minimum Gasteiger partial charge on any atom is -0.357 e. The largest absolute Gasteiger partial charge is 0.357 e. The molecule has 2 saturated heterocycles. The molecule has 2 N–H and O–H groups in total. The summed E-state index contributed by atoms with van der Waals surface area (Å²) in [7, 11) is 0. The van der Waals surface area contributed by atoms with E-state index in [-0.39, 0.29) is 42.3 Å². The Bertz CT molecular complexity index is 452. The van der Waals surface area contributed by atoms with Crippen LogP contribution in [0.5, 0.6) is 0 Å². The van der Waals surface area contributed by atoms with Gasteiger partial charge in [0.05, 0.1) is 0 Å². The van der Waals surface area contributed by atoms with E-state index in [1.807, 2.05) is 16.7 Å². The normalized spacial score (nSPS) is 18.1. The van der Waals surface area contributed by atoms with Gasteiger partial charge >= 0.3 is 0 Å². The summed E-state index contributed by atoms with van der Waals surface area (Å²) in [5.74, 6) is 1.05. The Balaban J connectivity index is 0.00000312. The van der Waals surface area contributed by atoms with Gasteiger partial charge in [-0.05, 0) is 39.0 Å². The van der Waals surface area contributed by atoms with Gasteiger partial charge in [0.2, 0.25) is 11.8 Å². The summed E-state index contributed by atoms with van der Waals surface area (Å²) < 4.78 is 0. The van der Waals surface area contributed by atoms with E-state index in [4.69, 9.17) is 0 Å². The molecule has 0 radical (unpaired) electrons. The Hall–Kier alpha value is -1.06. The Morgan fingerprint density at radius 2 is 1.88 bits per heavy atom. The number of guanidine groups is 1. The third-order valence-electron chi connectivity index (χ3n) is 4.49. The molecule has 2 fully saturated rings. The molecule has 0 saturated carbocycles. The minimum atomic E-state index is 0. The molecule has 0 spiro atoms. The average Bonchev–Trinajstić information content (AvgIpc) is 3.02. The highest BCUT2D eigenvalue weighted by Gasteiger charge is 2.19. The zero-order valence-electron chi connectivity index (χ0n) is 15.3. The van der Waals surface area contributed by atoms with Gasteiger partial charge in [-0.25, -0.2) is 4.99 Å². The average molecular weight is 465 g/mol. The van der Waals surface area contributed by atoms with Crippen molar-refractivity contribution in [1.29, 1.82) is 0 Å². The van der Waals surface area contributed by atoms with Crippen LogP contribution in [0.3, 0.4) is 0 Å². The number of likely N-dealkylation sites (tertiary alicyclic amines) is 2. The Morgan fingerprint density at radius 3 is 2.52 bits per heavy atom. The molecule has 8 heteroatoms. The number of nitrogens with one attached hydrogen (secondary N) is 2. The second-order valence-corrected chi connectivity index (χ2v) is 6.40. The number of amides is 2. The lowest BCUT2D eigenvalue weighted by Gasteiger charge is -2.26. The van der Waals surface area contributed by atoms with Gasteiger partial charge in [0, 0.05) is 45.7 Å². The van der Waals surface area contributed by atoms with E-state index >= 15 is 0 Å². The first kappa shape index (κ1) is 22.0. The molecule has 0 aromatic rings. The van der Waals surface area contributed by atoms with Crippen molar-refractivity contribution in [3.63, 3.8) is 0 Å². The molecule has 0 bridgehead atoms. The van der Waals surface area contributed by atoms with Crippen LogP contribution in [-0.2, 0) is 9.59 Å². The van der Waals surface area contributed by atoms with Crippen molar-refractivity contribution in [2.24, 2.45) is 4.99 Å². The van der Waals surface area contributed by atoms with Gasteiger partial charge in [0.15, 0.2) is 5.96 Å². The van der Waals surface area contributed by atoms with E-state index < -0.39 is 0 Å². The molecule has 25 heavy (non-hydrogen) atoms. The number of nitrogens with zero attached hydrogens (tertiary/aromatic N) is 3. The molecule has 144 valence electrons. The third kappa shape index (κ3) is 7.79. The first-order chi connectivity index (χ1) is 11.7. The van der Waals surface area contributed by atoms with Crippen molar-refractivity contribution >= 4 is 41.8 Å². The molecular weight excluding hydrogens is 433 g/mol. The maximum Gasteiger partial charge on any atom is 0.244 e. The fraction of sp³-hybridized carbons (Fsp3) is 0.824. The molecule has 2 aliphatic heterocycles. The molecule has 7 nitrogen and oxygen atoms in total. The van der Waals surface area contributed by atoms with Crippen molar-refractivity contribution in [2.45, 2.75) is 45.4 Å². The van der Waals surface area contributed by atoms with Crippen molar-refractivity contribution in [3.8, 4) is 0 Å². The summed E-state index contributed by atoms with van der Waals surface area (Å²) in [5, 5.41) is 6.41. The molecule has 2 heterocycles. The second kappa shape index (κ2) is 12.3. The zero-order chi connectivity index (χ0) is 17.2. The topological polar surface area (TPSA) is 77.0 Å². The van der Waals surface area contributed by atoms with Gasteiger partial charge in [-0.3, -0.25) is 9.59 Å². The predicted molar refractivity (Wildman–Crippen MR) is 110 cm³/mol. The minimum absolute atomic E-state index is 0. The first-order valence-corrected chi connectivity index (χ1v) is 9.28. The number of hydrogen-bond acceptors (Lipinski definition) is 3. The van der Waals surface area contributed by atoms with Crippen LogP contribution in [-0.4, -0.2) is 73.4 Å². The molecular formula is C17H32IN5O2. The lowest BCUT2D eigenvalue weighted by atomic mass is 10.1. The van der Waals surface area contributed by atoms with E-state index in [0.717, 1.165) is 65.0 Å². The fourth-order valence-electron chi connectivity index (χ4n) is 3.15. The molecule has 0 atom stereocenters. The van der Waals surface area contributed by atoms with Crippen LogP contribution < -0.4 is 10.6 Å². The summed E-state index contributed by atoms with van der Waals surface area (Å²) >= 11 is 0. The number of rotatable bonds is 7. The van der Waals surface area contributed by atoms with E-state index in [9.17, 15) is 9.59 Å². The van der Waals surface area contributed by atoms with Gasteiger partial charge in [-0.1, -0.05) is 0 Å². The number of piperidine rings is 1. The highest BCUT2D eigenvalue weighted by atomic mass is 127.